The van der Waals surface area contributed by atoms with Gasteiger partial charge in [0, 0.05) is 0 Å². The first kappa shape index (κ1) is 20.3. The molecule has 7 heteroatoms. The molecular weight excluding hydrogens is 451 g/mol. The summed E-state index contributed by atoms with van der Waals surface area (Å²) in [5.41, 5.74) is 9.75. The van der Waals surface area contributed by atoms with Crippen molar-refractivity contribution in [1.82, 2.24) is 15.1 Å². The Morgan fingerprint density at radius 2 is 2.00 bits per heavy atom. The number of amides is 2. The van der Waals surface area contributed by atoms with Crippen molar-refractivity contribution in [2.45, 2.75) is 54.3 Å². The summed E-state index contributed by atoms with van der Waals surface area (Å²) >= 11 is -1.10. The number of carbonyl (C=O) groups excluding carboxylic acids is 2. The minimum atomic E-state index is -1.10. The first-order valence-electron chi connectivity index (χ1n) is 10.8. The van der Waals surface area contributed by atoms with Crippen molar-refractivity contribution < 1.29 is 9.59 Å². The van der Waals surface area contributed by atoms with E-state index in [-0.39, 0.29) is 18.0 Å². The van der Waals surface area contributed by atoms with E-state index in [0.29, 0.717) is 10.9 Å². The number of nitrogens with zero attached hydrogens (tertiary/aromatic N) is 2. The van der Waals surface area contributed by atoms with Gasteiger partial charge in [-0.25, -0.2) is 0 Å². The fourth-order valence-corrected chi connectivity index (χ4v) is 5.89. The summed E-state index contributed by atoms with van der Waals surface area (Å²) in [4.78, 5) is 25.3. The zero-order valence-corrected chi connectivity index (χ0v) is 19.8. The van der Waals surface area contributed by atoms with Crippen molar-refractivity contribution in [3.05, 3.63) is 59.3 Å². The molecule has 0 bridgehead atoms. The maximum absolute atomic E-state index is 12.8. The number of carbonyl (C=O) groups is 2. The number of aromatic nitrogens is 2. The fraction of sp³-hybridized carbons (Fsp3) is 0.375. The molecule has 1 heterocycles. The van der Waals surface area contributed by atoms with Gasteiger partial charge in [0.05, 0.1) is 0 Å². The summed E-state index contributed by atoms with van der Waals surface area (Å²) < 4.78 is 1.47. The summed E-state index contributed by atoms with van der Waals surface area (Å²) in [6.45, 7) is 0. The van der Waals surface area contributed by atoms with Crippen molar-refractivity contribution in [3.63, 3.8) is 0 Å². The predicted molar refractivity (Wildman–Crippen MR) is 124 cm³/mol. The van der Waals surface area contributed by atoms with E-state index in [4.69, 9.17) is 0 Å². The topological polar surface area (TPSA) is 76.0 Å². The van der Waals surface area contributed by atoms with E-state index >= 15 is 0 Å². The minimum absolute atomic E-state index is 0.0229. The van der Waals surface area contributed by atoms with Crippen molar-refractivity contribution in [2.75, 3.05) is 5.32 Å². The zero-order chi connectivity index (χ0) is 21.5. The van der Waals surface area contributed by atoms with E-state index in [2.05, 4.69) is 45.4 Å². The van der Waals surface area contributed by atoms with Crippen molar-refractivity contribution in [2.24, 2.45) is 0 Å². The Morgan fingerprint density at radius 3 is 2.77 bits per heavy atom. The van der Waals surface area contributed by atoms with Gasteiger partial charge in [-0.3, -0.25) is 0 Å². The molecule has 160 valence electrons. The third-order valence-corrected chi connectivity index (χ3v) is 8.04. The normalized spacial score (nSPS) is 17.7. The average molecular weight is 478 g/mol. The average Bonchev–Trinajstić information content (AvgIpc) is 3.37. The van der Waals surface area contributed by atoms with E-state index in [1.807, 2.05) is 18.2 Å². The number of urea groups is 1. The van der Waals surface area contributed by atoms with Gasteiger partial charge in [-0.1, -0.05) is 12.1 Å². The van der Waals surface area contributed by atoms with Crippen LogP contribution in [0.15, 0.2) is 42.6 Å². The van der Waals surface area contributed by atoms with Gasteiger partial charge in [0.2, 0.25) is 0 Å². The molecule has 1 saturated carbocycles. The third kappa shape index (κ3) is 4.14. The van der Waals surface area contributed by atoms with Gasteiger partial charge in [0.15, 0.2) is 0 Å². The zero-order valence-electron chi connectivity index (χ0n) is 17.9. The number of nitrogens with one attached hydrogen (secondary N) is 2. The molecule has 1 atom stereocenters. The molecule has 2 aliphatic carbocycles. The summed E-state index contributed by atoms with van der Waals surface area (Å²) in [5.74, 6) is 0.770. The molecule has 2 aliphatic rings. The Morgan fingerprint density at radius 1 is 1.16 bits per heavy atom. The monoisotopic (exact) mass is 478 g/mol. The van der Waals surface area contributed by atoms with Crippen LogP contribution in [0.25, 0.3) is 10.9 Å². The van der Waals surface area contributed by atoms with Crippen LogP contribution in [0.5, 0.6) is 0 Å². The second-order valence-corrected chi connectivity index (χ2v) is 14.0. The number of fused-ring (bicyclic) bond motifs is 2. The summed E-state index contributed by atoms with van der Waals surface area (Å²) in [5, 5.41) is 11.7. The molecule has 1 fully saturated rings. The molecule has 1 aromatic heterocycles. The van der Waals surface area contributed by atoms with Crippen LogP contribution in [0.2, 0.25) is 16.6 Å². The molecule has 2 aromatic carbocycles. The number of anilines is 1. The molecule has 0 radical (unpaired) electrons. The van der Waals surface area contributed by atoms with Gasteiger partial charge < -0.3 is 0 Å². The van der Waals surface area contributed by atoms with Gasteiger partial charge in [-0.05, 0) is 24.3 Å². The number of hydrogen-bond donors (Lipinski definition) is 2. The van der Waals surface area contributed by atoms with Crippen LogP contribution in [0, 0.1) is 0 Å². The first-order valence-corrected chi connectivity index (χ1v) is 15.9. The van der Waals surface area contributed by atoms with Gasteiger partial charge in [0.25, 0.3) is 0 Å². The molecule has 5 rings (SSSR count). The molecular formula is C24H27AsN4O2. The molecule has 0 saturated heterocycles. The Labute approximate surface area is 186 Å². The third-order valence-electron chi connectivity index (χ3n) is 6.15. The van der Waals surface area contributed by atoms with Crippen molar-refractivity contribution >= 4 is 43.2 Å². The summed E-state index contributed by atoms with van der Waals surface area (Å²) in [6, 6.07) is 12.1. The van der Waals surface area contributed by atoms with Crippen LogP contribution in [-0.4, -0.2) is 36.4 Å². The van der Waals surface area contributed by atoms with Crippen LogP contribution in [-0.2, 0) is 6.42 Å². The number of rotatable bonds is 5. The van der Waals surface area contributed by atoms with E-state index in [1.54, 1.807) is 6.20 Å². The van der Waals surface area contributed by atoms with Crippen LogP contribution in [0.1, 0.15) is 52.7 Å². The number of hydrogen-bond acceptors (Lipinski definition) is 3. The molecule has 0 aliphatic heterocycles. The summed E-state index contributed by atoms with van der Waals surface area (Å²) in [7, 11) is 0. The Bertz CT molecular complexity index is 1170. The fourth-order valence-electron chi connectivity index (χ4n) is 4.47. The van der Waals surface area contributed by atoms with Gasteiger partial charge >= 0.3 is 150 Å². The van der Waals surface area contributed by atoms with Crippen molar-refractivity contribution in [3.8, 4) is 0 Å². The second-order valence-electron chi connectivity index (χ2n) is 8.85. The van der Waals surface area contributed by atoms with Crippen LogP contribution in [0.4, 0.5) is 10.5 Å². The molecule has 1 unspecified atom stereocenters. The second kappa shape index (κ2) is 8.16. The summed E-state index contributed by atoms with van der Waals surface area (Å²) in [6.07, 6.45) is 6.19. The molecule has 31 heavy (non-hydrogen) atoms. The molecule has 3 aromatic rings. The molecule has 2 N–H and O–H groups in total. The van der Waals surface area contributed by atoms with Gasteiger partial charge in [-0.15, -0.1) is 0 Å². The van der Waals surface area contributed by atoms with E-state index < -0.39 is 14.7 Å². The van der Waals surface area contributed by atoms with Crippen LogP contribution < -0.4 is 10.6 Å². The van der Waals surface area contributed by atoms with Crippen LogP contribution >= 0.6 is 0 Å². The standard InChI is InChI=1S/C24H27AsN4O2/c1-25(2)13-23(30)29-22-5-3-4-20(19(22)14-26-29)27-24(31)28-21-11-9-17-12-16(15-6-7-15)8-10-18(17)21/h3-5,8,10,12,14-15,21H,6-7,9,11,13H2,1-2H3,(H2,27,28,31). The van der Waals surface area contributed by atoms with Gasteiger partial charge in [-0.2, -0.15) is 0 Å². The number of aryl methyl sites for hydroxylation is 1. The first-order chi connectivity index (χ1) is 15.0. The quantitative estimate of drug-likeness (QED) is 0.500. The number of benzene rings is 2. The Kier molecular flexibility index (Phi) is 5.35. The molecule has 6 nitrogen and oxygen atoms in total. The molecule has 0 spiro atoms. The van der Waals surface area contributed by atoms with E-state index in [1.165, 1.54) is 34.2 Å². The van der Waals surface area contributed by atoms with Crippen molar-refractivity contribution in [1.29, 1.82) is 0 Å². The van der Waals surface area contributed by atoms with Crippen LogP contribution in [0.3, 0.4) is 0 Å². The van der Waals surface area contributed by atoms with E-state index in [0.717, 1.165) is 29.7 Å². The van der Waals surface area contributed by atoms with E-state index in [9.17, 15) is 9.59 Å². The Hall–Kier alpha value is -2.59. The SMILES string of the molecule is C[As](C)CC(=O)n1ncc2c(NC(=O)NC3CCc4cc(C5CC5)ccc43)cccc21. The molecule has 2 amide bonds. The van der Waals surface area contributed by atoms with Gasteiger partial charge in [0.1, 0.15) is 0 Å². The predicted octanol–water partition coefficient (Wildman–Crippen LogP) is 5.12. The maximum atomic E-state index is 12.8. The Balaban J connectivity index is 1.30.